The molecule has 0 radical (unpaired) electrons. The lowest BCUT2D eigenvalue weighted by atomic mass is 9.87. The van der Waals surface area contributed by atoms with Gasteiger partial charge < -0.3 is 5.73 Å². The van der Waals surface area contributed by atoms with Crippen LogP contribution in [0.1, 0.15) is 49.3 Å². The van der Waals surface area contributed by atoms with E-state index in [1.807, 2.05) is 12.1 Å². The molecule has 1 heteroatoms. The Labute approximate surface area is 116 Å². The van der Waals surface area contributed by atoms with Gasteiger partial charge in [0.15, 0.2) is 0 Å². The Balaban J connectivity index is 2.30. The van der Waals surface area contributed by atoms with E-state index in [9.17, 15) is 0 Å². The minimum atomic E-state index is 0.483. The summed E-state index contributed by atoms with van der Waals surface area (Å²) in [5.74, 6) is 0.483. The SMILES string of the molecule is CCCC(c1ccc(N)cc1)c1ccc(CC)cc1. The third-order valence-corrected chi connectivity index (χ3v) is 3.71. The van der Waals surface area contributed by atoms with Crippen molar-refractivity contribution in [3.05, 3.63) is 65.2 Å². The number of aryl methyl sites for hydroxylation is 1. The molecule has 2 rings (SSSR count). The topological polar surface area (TPSA) is 26.0 Å². The molecule has 0 fully saturated rings. The highest BCUT2D eigenvalue weighted by molar-refractivity contribution is 5.43. The summed E-state index contributed by atoms with van der Waals surface area (Å²) in [5, 5.41) is 0. The number of anilines is 1. The van der Waals surface area contributed by atoms with Gasteiger partial charge in [-0.3, -0.25) is 0 Å². The van der Waals surface area contributed by atoms with E-state index in [-0.39, 0.29) is 0 Å². The summed E-state index contributed by atoms with van der Waals surface area (Å²) in [6.07, 6.45) is 3.46. The van der Waals surface area contributed by atoms with Crippen molar-refractivity contribution in [2.75, 3.05) is 5.73 Å². The minimum Gasteiger partial charge on any atom is -0.399 e. The maximum absolute atomic E-state index is 5.78. The Morgan fingerprint density at radius 2 is 1.37 bits per heavy atom. The van der Waals surface area contributed by atoms with Gasteiger partial charge in [0.1, 0.15) is 0 Å². The van der Waals surface area contributed by atoms with Crippen LogP contribution >= 0.6 is 0 Å². The lowest BCUT2D eigenvalue weighted by molar-refractivity contribution is 0.698. The van der Waals surface area contributed by atoms with Crippen molar-refractivity contribution in [3.63, 3.8) is 0 Å². The Morgan fingerprint density at radius 1 is 0.842 bits per heavy atom. The molecule has 0 saturated heterocycles. The molecule has 0 saturated carbocycles. The molecule has 0 aromatic heterocycles. The van der Waals surface area contributed by atoms with Crippen molar-refractivity contribution in [2.45, 2.75) is 39.0 Å². The van der Waals surface area contributed by atoms with Gasteiger partial charge >= 0.3 is 0 Å². The second-order valence-electron chi connectivity index (χ2n) is 5.10. The largest absolute Gasteiger partial charge is 0.399 e. The van der Waals surface area contributed by atoms with Crippen molar-refractivity contribution < 1.29 is 0 Å². The van der Waals surface area contributed by atoms with E-state index in [1.165, 1.54) is 29.5 Å². The molecule has 0 spiro atoms. The third kappa shape index (κ3) is 3.37. The van der Waals surface area contributed by atoms with Gasteiger partial charge in [-0.05, 0) is 41.7 Å². The molecule has 1 nitrogen and oxygen atoms in total. The van der Waals surface area contributed by atoms with Gasteiger partial charge in [-0.15, -0.1) is 0 Å². The fourth-order valence-electron chi connectivity index (χ4n) is 2.53. The summed E-state index contributed by atoms with van der Waals surface area (Å²) >= 11 is 0. The van der Waals surface area contributed by atoms with Gasteiger partial charge in [-0.1, -0.05) is 56.7 Å². The molecule has 100 valence electrons. The molecule has 0 aliphatic heterocycles. The normalized spacial score (nSPS) is 12.3. The highest BCUT2D eigenvalue weighted by Crippen LogP contribution is 2.30. The van der Waals surface area contributed by atoms with Crippen LogP contribution in [0.4, 0.5) is 5.69 Å². The number of benzene rings is 2. The summed E-state index contributed by atoms with van der Waals surface area (Å²) in [5.41, 5.74) is 10.8. The molecule has 19 heavy (non-hydrogen) atoms. The van der Waals surface area contributed by atoms with Gasteiger partial charge in [-0.25, -0.2) is 0 Å². The highest BCUT2D eigenvalue weighted by atomic mass is 14.5. The van der Waals surface area contributed by atoms with Crippen LogP contribution < -0.4 is 5.73 Å². The zero-order valence-electron chi connectivity index (χ0n) is 11.9. The van der Waals surface area contributed by atoms with Crippen LogP contribution in [0.25, 0.3) is 0 Å². The van der Waals surface area contributed by atoms with Crippen LogP contribution in [0.2, 0.25) is 0 Å². The molecular weight excluding hydrogens is 230 g/mol. The molecular formula is C18H23N. The average molecular weight is 253 g/mol. The zero-order valence-corrected chi connectivity index (χ0v) is 11.9. The first-order valence-electron chi connectivity index (χ1n) is 7.18. The molecule has 0 amide bonds. The molecule has 0 aliphatic carbocycles. The number of hydrogen-bond acceptors (Lipinski definition) is 1. The van der Waals surface area contributed by atoms with E-state index in [0.717, 1.165) is 12.1 Å². The number of hydrogen-bond donors (Lipinski definition) is 1. The quantitative estimate of drug-likeness (QED) is 0.764. The Hall–Kier alpha value is -1.76. The molecule has 2 aromatic carbocycles. The third-order valence-electron chi connectivity index (χ3n) is 3.71. The fraction of sp³-hybridized carbons (Fsp3) is 0.333. The van der Waals surface area contributed by atoms with Crippen LogP contribution in [-0.2, 0) is 6.42 Å². The maximum Gasteiger partial charge on any atom is 0.0314 e. The maximum atomic E-state index is 5.78. The van der Waals surface area contributed by atoms with Crippen molar-refractivity contribution in [2.24, 2.45) is 0 Å². The lowest BCUT2D eigenvalue weighted by Gasteiger charge is -2.18. The van der Waals surface area contributed by atoms with E-state index < -0.39 is 0 Å². The van der Waals surface area contributed by atoms with Gasteiger partial charge in [0.2, 0.25) is 0 Å². The van der Waals surface area contributed by atoms with E-state index in [1.54, 1.807) is 0 Å². The standard InChI is InChI=1S/C18H23N/c1-3-5-18(16-10-12-17(19)13-11-16)15-8-6-14(4-2)7-9-15/h6-13,18H,3-5,19H2,1-2H3. The summed E-state index contributed by atoms with van der Waals surface area (Å²) in [4.78, 5) is 0. The van der Waals surface area contributed by atoms with E-state index in [4.69, 9.17) is 5.73 Å². The predicted octanol–water partition coefficient (Wildman–Crippen LogP) is 4.76. The molecule has 1 atom stereocenters. The van der Waals surface area contributed by atoms with Crippen LogP contribution in [0.15, 0.2) is 48.5 Å². The fourth-order valence-corrected chi connectivity index (χ4v) is 2.53. The van der Waals surface area contributed by atoms with Crippen LogP contribution in [0, 0.1) is 0 Å². The molecule has 2 aromatic rings. The molecule has 0 bridgehead atoms. The van der Waals surface area contributed by atoms with E-state index >= 15 is 0 Å². The molecule has 0 heterocycles. The van der Waals surface area contributed by atoms with Crippen LogP contribution in [0.5, 0.6) is 0 Å². The predicted molar refractivity (Wildman–Crippen MR) is 83.4 cm³/mol. The van der Waals surface area contributed by atoms with Gasteiger partial charge in [0.05, 0.1) is 0 Å². The summed E-state index contributed by atoms with van der Waals surface area (Å²) < 4.78 is 0. The second-order valence-corrected chi connectivity index (χ2v) is 5.10. The smallest absolute Gasteiger partial charge is 0.0314 e. The Morgan fingerprint density at radius 3 is 1.84 bits per heavy atom. The van der Waals surface area contributed by atoms with Gasteiger partial charge in [0.25, 0.3) is 0 Å². The van der Waals surface area contributed by atoms with Gasteiger partial charge in [0, 0.05) is 11.6 Å². The monoisotopic (exact) mass is 253 g/mol. The summed E-state index contributed by atoms with van der Waals surface area (Å²) in [6.45, 7) is 4.43. The number of nitrogen functional groups attached to an aromatic ring is 1. The van der Waals surface area contributed by atoms with Gasteiger partial charge in [-0.2, -0.15) is 0 Å². The average Bonchev–Trinajstić information content (AvgIpc) is 2.46. The Kier molecular flexibility index (Phi) is 4.62. The Bertz CT molecular complexity index is 496. The van der Waals surface area contributed by atoms with Crippen molar-refractivity contribution in [3.8, 4) is 0 Å². The van der Waals surface area contributed by atoms with E-state index in [0.29, 0.717) is 5.92 Å². The van der Waals surface area contributed by atoms with Crippen molar-refractivity contribution >= 4 is 5.69 Å². The first kappa shape index (κ1) is 13.7. The zero-order chi connectivity index (χ0) is 13.7. The number of rotatable bonds is 5. The first-order valence-corrected chi connectivity index (χ1v) is 7.18. The van der Waals surface area contributed by atoms with Crippen molar-refractivity contribution in [1.82, 2.24) is 0 Å². The molecule has 1 unspecified atom stereocenters. The lowest BCUT2D eigenvalue weighted by Crippen LogP contribution is -2.01. The van der Waals surface area contributed by atoms with E-state index in [2.05, 4.69) is 50.2 Å². The van der Waals surface area contributed by atoms with Crippen molar-refractivity contribution in [1.29, 1.82) is 0 Å². The summed E-state index contributed by atoms with van der Waals surface area (Å²) in [7, 11) is 0. The van der Waals surface area contributed by atoms with Crippen LogP contribution in [-0.4, -0.2) is 0 Å². The number of nitrogens with two attached hydrogens (primary N) is 1. The second kappa shape index (κ2) is 6.42. The van der Waals surface area contributed by atoms with Crippen LogP contribution in [0.3, 0.4) is 0 Å². The molecule has 0 aliphatic rings. The minimum absolute atomic E-state index is 0.483. The molecule has 2 N–H and O–H groups in total. The summed E-state index contributed by atoms with van der Waals surface area (Å²) in [6, 6.07) is 17.3. The first-order chi connectivity index (χ1) is 9.24. The highest BCUT2D eigenvalue weighted by Gasteiger charge is 2.12.